The maximum Gasteiger partial charge on any atom is 0.306 e. The van der Waals surface area contributed by atoms with Crippen LogP contribution in [0.15, 0.2) is 0 Å². The Balaban J connectivity index is 1.76. The normalized spacial score (nSPS) is 38.4. The molecule has 114 valence electrons. The van der Waals surface area contributed by atoms with E-state index in [-0.39, 0.29) is 17.8 Å². The number of rotatable bonds is 4. The van der Waals surface area contributed by atoms with Crippen molar-refractivity contribution in [2.45, 2.75) is 58.3 Å². The largest absolute Gasteiger partial charge is 0.481 e. The van der Waals surface area contributed by atoms with Crippen LogP contribution in [-0.2, 0) is 9.59 Å². The highest BCUT2D eigenvalue weighted by Crippen LogP contribution is 2.40. The van der Waals surface area contributed by atoms with Gasteiger partial charge >= 0.3 is 11.9 Å². The summed E-state index contributed by atoms with van der Waals surface area (Å²) < 4.78 is 0. The fourth-order valence-electron chi connectivity index (χ4n) is 4.21. The number of carbonyl (C=O) groups is 2. The standard InChI is InChI=1S/C16H26O4/c1-10-8-12(4-7-14(10)16(19)20)9-11-2-5-13(6-3-11)15(17)18/h10-14H,2-9H2,1H3,(H,17,18)(H,19,20)/t10-,11?,12?,13?,14?/m1/s1. The van der Waals surface area contributed by atoms with Gasteiger partial charge in [-0.15, -0.1) is 0 Å². The van der Waals surface area contributed by atoms with Gasteiger partial charge in [0, 0.05) is 0 Å². The van der Waals surface area contributed by atoms with Gasteiger partial charge in [-0.05, 0) is 69.1 Å². The maximum atomic E-state index is 11.1. The zero-order chi connectivity index (χ0) is 14.7. The summed E-state index contributed by atoms with van der Waals surface area (Å²) in [5.41, 5.74) is 0. The molecule has 0 aromatic rings. The Bertz CT molecular complexity index is 357. The molecule has 4 nitrogen and oxygen atoms in total. The van der Waals surface area contributed by atoms with Crippen molar-refractivity contribution in [3.63, 3.8) is 0 Å². The molecule has 0 saturated heterocycles. The van der Waals surface area contributed by atoms with Crippen molar-refractivity contribution in [3.05, 3.63) is 0 Å². The molecule has 4 heteroatoms. The highest BCUT2D eigenvalue weighted by Gasteiger charge is 2.34. The van der Waals surface area contributed by atoms with Crippen LogP contribution < -0.4 is 0 Å². The summed E-state index contributed by atoms with van der Waals surface area (Å²) in [5, 5.41) is 18.1. The minimum absolute atomic E-state index is 0.132. The summed E-state index contributed by atoms with van der Waals surface area (Å²) in [6.45, 7) is 2.06. The number of carboxylic acid groups (broad SMARTS) is 2. The lowest BCUT2D eigenvalue weighted by atomic mass is 9.70. The molecular weight excluding hydrogens is 256 g/mol. The van der Waals surface area contributed by atoms with Crippen LogP contribution >= 0.6 is 0 Å². The summed E-state index contributed by atoms with van der Waals surface area (Å²) in [6.07, 6.45) is 7.74. The predicted molar refractivity (Wildman–Crippen MR) is 75.3 cm³/mol. The number of aliphatic carboxylic acids is 2. The van der Waals surface area contributed by atoms with Gasteiger partial charge < -0.3 is 10.2 Å². The molecule has 0 aromatic heterocycles. The van der Waals surface area contributed by atoms with E-state index in [9.17, 15) is 9.59 Å². The third-order valence-corrected chi connectivity index (χ3v) is 5.46. The van der Waals surface area contributed by atoms with Crippen LogP contribution in [0.1, 0.15) is 58.3 Å². The molecule has 2 rings (SSSR count). The topological polar surface area (TPSA) is 74.6 Å². The van der Waals surface area contributed by atoms with Gasteiger partial charge in [-0.2, -0.15) is 0 Å². The Morgan fingerprint density at radius 2 is 1.50 bits per heavy atom. The second kappa shape index (κ2) is 6.59. The number of carboxylic acids is 2. The highest BCUT2D eigenvalue weighted by molar-refractivity contribution is 5.70. The van der Waals surface area contributed by atoms with E-state index in [1.807, 2.05) is 0 Å². The molecule has 0 amide bonds. The van der Waals surface area contributed by atoms with Crippen molar-refractivity contribution < 1.29 is 19.8 Å². The van der Waals surface area contributed by atoms with Crippen LogP contribution in [-0.4, -0.2) is 22.2 Å². The van der Waals surface area contributed by atoms with Gasteiger partial charge in [-0.1, -0.05) is 6.92 Å². The van der Waals surface area contributed by atoms with Crippen LogP contribution in [0, 0.1) is 29.6 Å². The van der Waals surface area contributed by atoms with Gasteiger partial charge in [-0.25, -0.2) is 0 Å². The second-order valence-electron chi connectivity index (χ2n) is 6.89. The molecule has 20 heavy (non-hydrogen) atoms. The first kappa shape index (κ1) is 15.3. The van der Waals surface area contributed by atoms with Gasteiger partial charge in [0.2, 0.25) is 0 Å². The molecule has 2 fully saturated rings. The quantitative estimate of drug-likeness (QED) is 0.828. The lowest BCUT2D eigenvalue weighted by Crippen LogP contribution is -2.30. The van der Waals surface area contributed by atoms with Crippen LogP contribution in [0.5, 0.6) is 0 Å². The first-order valence-corrected chi connectivity index (χ1v) is 7.93. The summed E-state index contributed by atoms with van der Waals surface area (Å²) in [4.78, 5) is 22.0. The summed E-state index contributed by atoms with van der Waals surface area (Å²) in [5.74, 6) is 0.0108. The van der Waals surface area contributed by atoms with Crippen molar-refractivity contribution in [1.82, 2.24) is 0 Å². The summed E-state index contributed by atoms with van der Waals surface area (Å²) in [7, 11) is 0. The molecule has 0 bridgehead atoms. The third-order valence-electron chi connectivity index (χ3n) is 5.46. The first-order chi connectivity index (χ1) is 9.47. The maximum absolute atomic E-state index is 11.1. The summed E-state index contributed by atoms with van der Waals surface area (Å²) >= 11 is 0. The SMILES string of the molecule is C[C@@H]1CC(CC2CCC(C(=O)O)CC2)CCC1C(=O)O. The second-order valence-corrected chi connectivity index (χ2v) is 6.89. The van der Waals surface area contributed by atoms with Crippen molar-refractivity contribution >= 4 is 11.9 Å². The number of hydrogen-bond acceptors (Lipinski definition) is 2. The molecule has 0 spiro atoms. The van der Waals surface area contributed by atoms with Gasteiger partial charge in [0.05, 0.1) is 11.8 Å². The van der Waals surface area contributed by atoms with E-state index in [1.165, 1.54) is 6.42 Å². The van der Waals surface area contributed by atoms with E-state index in [2.05, 4.69) is 6.92 Å². The molecule has 0 radical (unpaired) electrons. The van der Waals surface area contributed by atoms with Crippen molar-refractivity contribution in [1.29, 1.82) is 0 Å². The Kier molecular flexibility index (Phi) is 5.06. The Morgan fingerprint density at radius 1 is 0.900 bits per heavy atom. The lowest BCUT2D eigenvalue weighted by Gasteiger charge is -2.35. The van der Waals surface area contributed by atoms with Crippen LogP contribution in [0.2, 0.25) is 0 Å². The molecule has 0 aliphatic heterocycles. The van der Waals surface area contributed by atoms with E-state index >= 15 is 0 Å². The van der Waals surface area contributed by atoms with Gasteiger partial charge in [0.15, 0.2) is 0 Å². The van der Waals surface area contributed by atoms with E-state index in [1.54, 1.807) is 0 Å². The molecular formula is C16H26O4. The van der Waals surface area contributed by atoms with E-state index in [4.69, 9.17) is 10.2 Å². The molecule has 0 aromatic carbocycles. The summed E-state index contributed by atoms with van der Waals surface area (Å²) in [6, 6.07) is 0. The van der Waals surface area contributed by atoms with Gasteiger partial charge in [0.25, 0.3) is 0 Å². The van der Waals surface area contributed by atoms with Crippen LogP contribution in [0.3, 0.4) is 0 Å². The molecule has 2 saturated carbocycles. The first-order valence-electron chi connectivity index (χ1n) is 7.93. The monoisotopic (exact) mass is 282 g/mol. The smallest absolute Gasteiger partial charge is 0.306 e. The van der Waals surface area contributed by atoms with E-state index in [0.29, 0.717) is 11.8 Å². The van der Waals surface area contributed by atoms with Crippen LogP contribution in [0.4, 0.5) is 0 Å². The molecule has 2 aliphatic carbocycles. The predicted octanol–water partition coefficient (Wildman–Crippen LogP) is 3.40. The van der Waals surface area contributed by atoms with E-state index < -0.39 is 11.9 Å². The fourth-order valence-corrected chi connectivity index (χ4v) is 4.21. The molecule has 2 unspecified atom stereocenters. The molecule has 0 heterocycles. The van der Waals surface area contributed by atoms with Crippen molar-refractivity contribution in [3.8, 4) is 0 Å². The minimum atomic E-state index is -0.641. The molecule has 3 atom stereocenters. The number of hydrogen-bond donors (Lipinski definition) is 2. The van der Waals surface area contributed by atoms with Crippen molar-refractivity contribution in [2.24, 2.45) is 29.6 Å². The van der Waals surface area contributed by atoms with E-state index in [0.717, 1.165) is 44.9 Å². The van der Waals surface area contributed by atoms with Crippen LogP contribution in [0.25, 0.3) is 0 Å². The third kappa shape index (κ3) is 3.74. The zero-order valence-electron chi connectivity index (χ0n) is 12.3. The fraction of sp³-hybridized carbons (Fsp3) is 0.875. The average Bonchev–Trinajstić information content (AvgIpc) is 2.39. The minimum Gasteiger partial charge on any atom is -0.481 e. The zero-order valence-corrected chi connectivity index (χ0v) is 12.3. The lowest BCUT2D eigenvalue weighted by molar-refractivity contribution is -0.145. The molecule has 2 aliphatic rings. The average molecular weight is 282 g/mol. The van der Waals surface area contributed by atoms with Gasteiger partial charge in [0.1, 0.15) is 0 Å². The Labute approximate surface area is 120 Å². The van der Waals surface area contributed by atoms with Crippen molar-refractivity contribution in [2.75, 3.05) is 0 Å². The van der Waals surface area contributed by atoms with Gasteiger partial charge in [-0.3, -0.25) is 9.59 Å². The Morgan fingerprint density at radius 3 is 2.00 bits per heavy atom. The Hall–Kier alpha value is -1.06. The molecule has 2 N–H and O–H groups in total. The highest BCUT2D eigenvalue weighted by atomic mass is 16.4.